The fourth-order valence-electron chi connectivity index (χ4n) is 2.80. The zero-order valence-electron chi connectivity index (χ0n) is 16.2. The van der Waals surface area contributed by atoms with Gasteiger partial charge in [0.05, 0.1) is 11.6 Å². The Kier molecular flexibility index (Phi) is 5.76. The number of ether oxygens (including phenoxy) is 1. The highest BCUT2D eigenvalue weighted by molar-refractivity contribution is 6.32. The van der Waals surface area contributed by atoms with Gasteiger partial charge in [-0.05, 0) is 30.7 Å². The maximum atomic E-state index is 12.6. The van der Waals surface area contributed by atoms with Gasteiger partial charge in [0.2, 0.25) is 5.95 Å². The van der Waals surface area contributed by atoms with E-state index < -0.39 is 0 Å². The van der Waals surface area contributed by atoms with Gasteiger partial charge in [0, 0.05) is 6.20 Å². The van der Waals surface area contributed by atoms with Crippen LogP contribution >= 0.6 is 11.6 Å². The van der Waals surface area contributed by atoms with E-state index in [9.17, 15) is 4.79 Å². The summed E-state index contributed by atoms with van der Waals surface area (Å²) < 4.78 is 8.75. The highest BCUT2D eigenvalue weighted by atomic mass is 35.5. The highest BCUT2D eigenvalue weighted by Crippen LogP contribution is 2.23. The van der Waals surface area contributed by atoms with Gasteiger partial charge in [0.15, 0.2) is 6.73 Å². The van der Waals surface area contributed by atoms with Gasteiger partial charge in [-0.1, -0.05) is 53.6 Å². The topological polar surface area (TPSA) is 86.9 Å². The van der Waals surface area contributed by atoms with Crippen LogP contribution in [0.5, 0.6) is 5.75 Å². The van der Waals surface area contributed by atoms with Crippen LogP contribution < -0.4 is 10.1 Å². The number of amides is 1. The Labute approximate surface area is 178 Å². The van der Waals surface area contributed by atoms with Crippen LogP contribution in [0.2, 0.25) is 5.02 Å². The number of halogens is 1. The van der Waals surface area contributed by atoms with Gasteiger partial charge in [0.1, 0.15) is 17.8 Å². The number of aryl methyl sites for hydroxylation is 1. The van der Waals surface area contributed by atoms with Crippen LogP contribution in [0.4, 0.5) is 5.95 Å². The van der Waals surface area contributed by atoms with E-state index in [4.69, 9.17) is 16.3 Å². The Morgan fingerprint density at radius 2 is 1.93 bits per heavy atom. The summed E-state index contributed by atoms with van der Waals surface area (Å²) >= 11 is 6.09. The summed E-state index contributed by atoms with van der Waals surface area (Å²) in [6, 6.07) is 16.8. The van der Waals surface area contributed by atoms with Crippen molar-refractivity contribution in [3.8, 4) is 5.75 Å². The first kappa shape index (κ1) is 19.7. The molecule has 30 heavy (non-hydrogen) atoms. The first-order chi connectivity index (χ1) is 14.6. The predicted molar refractivity (Wildman–Crippen MR) is 113 cm³/mol. The average molecular weight is 423 g/mol. The molecule has 2 aromatic heterocycles. The maximum Gasteiger partial charge on any atom is 0.276 e. The quantitative estimate of drug-likeness (QED) is 0.490. The summed E-state index contributed by atoms with van der Waals surface area (Å²) in [6.45, 7) is 2.64. The molecule has 0 bridgehead atoms. The van der Waals surface area contributed by atoms with Crippen LogP contribution in [0.25, 0.3) is 0 Å². The number of hydrogen-bond donors (Lipinski definition) is 1. The SMILES string of the molecule is Cc1ccc(Cn2cnc(NC(=O)c3ccnn3COc3ccccc3Cl)n2)cc1. The second kappa shape index (κ2) is 8.79. The van der Waals surface area contributed by atoms with Crippen LogP contribution in [0.3, 0.4) is 0 Å². The summed E-state index contributed by atoms with van der Waals surface area (Å²) in [4.78, 5) is 16.8. The molecule has 4 rings (SSSR count). The number of carbonyl (C=O) groups is 1. The lowest BCUT2D eigenvalue weighted by molar-refractivity contribution is 0.100. The Bertz CT molecular complexity index is 1150. The number of para-hydroxylation sites is 1. The summed E-state index contributed by atoms with van der Waals surface area (Å²) in [5.41, 5.74) is 2.61. The van der Waals surface area contributed by atoms with Crippen LogP contribution in [0.15, 0.2) is 67.1 Å². The van der Waals surface area contributed by atoms with Gasteiger partial charge in [-0.2, -0.15) is 5.10 Å². The van der Waals surface area contributed by atoms with Gasteiger partial charge in [-0.15, -0.1) is 5.10 Å². The maximum absolute atomic E-state index is 12.6. The van der Waals surface area contributed by atoms with Crippen LogP contribution in [-0.2, 0) is 13.3 Å². The summed E-state index contributed by atoms with van der Waals surface area (Å²) in [7, 11) is 0. The normalized spacial score (nSPS) is 10.7. The van der Waals surface area contributed by atoms with Crippen LogP contribution in [-0.4, -0.2) is 30.5 Å². The standard InChI is InChI=1S/C21H19ClN6O2/c1-15-6-8-16(9-7-15)12-27-13-23-21(26-27)25-20(29)18-10-11-24-28(18)14-30-19-5-3-2-4-17(19)22/h2-11,13H,12,14H2,1H3,(H,25,26,29). The fourth-order valence-corrected chi connectivity index (χ4v) is 2.99. The molecule has 9 heteroatoms. The fraction of sp³-hybridized carbons (Fsp3) is 0.143. The molecule has 1 N–H and O–H groups in total. The van der Waals surface area contributed by atoms with Gasteiger partial charge in [-0.25, -0.2) is 14.3 Å². The van der Waals surface area contributed by atoms with E-state index in [0.717, 1.165) is 5.56 Å². The molecule has 0 saturated carbocycles. The lowest BCUT2D eigenvalue weighted by atomic mass is 10.1. The number of benzene rings is 2. The lowest BCUT2D eigenvalue weighted by Crippen LogP contribution is -2.20. The molecule has 1 amide bonds. The number of hydrogen-bond acceptors (Lipinski definition) is 5. The van der Waals surface area contributed by atoms with Crippen molar-refractivity contribution in [2.24, 2.45) is 0 Å². The van der Waals surface area contributed by atoms with Crippen molar-refractivity contribution in [1.82, 2.24) is 24.5 Å². The molecule has 0 saturated heterocycles. The van der Waals surface area contributed by atoms with E-state index in [1.165, 1.54) is 16.4 Å². The molecule has 0 fully saturated rings. The molecule has 0 spiro atoms. The van der Waals surface area contributed by atoms with Crippen LogP contribution in [0.1, 0.15) is 21.6 Å². The van der Waals surface area contributed by atoms with Crippen molar-refractivity contribution in [2.75, 3.05) is 5.32 Å². The number of carbonyl (C=O) groups excluding carboxylic acids is 1. The number of aromatic nitrogens is 5. The third kappa shape index (κ3) is 4.66. The van der Waals surface area contributed by atoms with E-state index in [1.807, 2.05) is 43.3 Å². The molecule has 0 atom stereocenters. The van der Waals surface area contributed by atoms with E-state index in [-0.39, 0.29) is 18.6 Å². The van der Waals surface area contributed by atoms with Crippen molar-refractivity contribution in [2.45, 2.75) is 20.2 Å². The molecular weight excluding hydrogens is 404 g/mol. The highest BCUT2D eigenvalue weighted by Gasteiger charge is 2.15. The first-order valence-electron chi connectivity index (χ1n) is 9.24. The van der Waals surface area contributed by atoms with Crippen molar-refractivity contribution in [3.05, 3.63) is 89.0 Å². The zero-order valence-corrected chi connectivity index (χ0v) is 17.0. The van der Waals surface area contributed by atoms with Gasteiger partial charge >= 0.3 is 0 Å². The van der Waals surface area contributed by atoms with Crippen molar-refractivity contribution in [3.63, 3.8) is 0 Å². The minimum atomic E-state index is -0.386. The minimum Gasteiger partial charge on any atom is -0.470 e. The molecule has 0 aliphatic carbocycles. The van der Waals surface area contributed by atoms with Crippen molar-refractivity contribution in [1.29, 1.82) is 0 Å². The second-order valence-electron chi connectivity index (χ2n) is 6.63. The first-order valence-corrected chi connectivity index (χ1v) is 9.62. The Morgan fingerprint density at radius 3 is 2.73 bits per heavy atom. The van der Waals surface area contributed by atoms with E-state index in [0.29, 0.717) is 23.0 Å². The van der Waals surface area contributed by atoms with Gasteiger partial charge < -0.3 is 4.74 Å². The molecular formula is C21H19ClN6O2. The number of nitrogens with zero attached hydrogens (tertiary/aromatic N) is 5. The van der Waals surface area contributed by atoms with E-state index >= 15 is 0 Å². The predicted octanol–water partition coefficient (Wildman–Crippen LogP) is 3.77. The molecule has 4 aromatic rings. The number of nitrogens with one attached hydrogen (secondary N) is 1. The van der Waals surface area contributed by atoms with Gasteiger partial charge in [0.25, 0.3) is 5.91 Å². The monoisotopic (exact) mass is 422 g/mol. The molecule has 0 unspecified atom stereocenters. The largest absolute Gasteiger partial charge is 0.470 e. The summed E-state index contributed by atoms with van der Waals surface area (Å²) in [6.07, 6.45) is 3.10. The molecule has 2 heterocycles. The molecule has 0 aliphatic rings. The Balaban J connectivity index is 1.39. The summed E-state index contributed by atoms with van der Waals surface area (Å²) in [5.74, 6) is 0.341. The van der Waals surface area contributed by atoms with Crippen molar-refractivity contribution < 1.29 is 9.53 Å². The van der Waals surface area contributed by atoms with Crippen molar-refractivity contribution >= 4 is 23.5 Å². The molecule has 152 valence electrons. The van der Waals surface area contributed by atoms with E-state index in [1.54, 1.807) is 29.2 Å². The van der Waals surface area contributed by atoms with Gasteiger partial charge in [-0.3, -0.25) is 10.1 Å². The smallest absolute Gasteiger partial charge is 0.276 e. The molecule has 0 radical (unpaired) electrons. The Morgan fingerprint density at radius 1 is 1.13 bits per heavy atom. The average Bonchev–Trinajstić information content (AvgIpc) is 3.38. The molecule has 2 aromatic carbocycles. The van der Waals surface area contributed by atoms with Crippen LogP contribution in [0, 0.1) is 6.92 Å². The van der Waals surface area contributed by atoms with E-state index in [2.05, 4.69) is 20.5 Å². The number of anilines is 1. The molecule has 8 nitrogen and oxygen atoms in total. The Hall–Kier alpha value is -3.65. The molecule has 0 aliphatic heterocycles. The summed E-state index contributed by atoms with van der Waals surface area (Å²) in [5, 5.41) is 11.6. The third-order valence-electron chi connectivity index (χ3n) is 4.36. The zero-order chi connectivity index (χ0) is 20.9. The minimum absolute atomic E-state index is 0.0365. The lowest BCUT2D eigenvalue weighted by Gasteiger charge is -2.10. The second-order valence-corrected chi connectivity index (χ2v) is 7.03. The third-order valence-corrected chi connectivity index (χ3v) is 4.67. The number of rotatable bonds is 7.